The molecule has 2 aliphatic carbocycles. The average Bonchev–Trinajstić information content (AvgIpc) is 3.56. The summed E-state index contributed by atoms with van der Waals surface area (Å²) in [6.07, 6.45) is 15.2. The van der Waals surface area contributed by atoms with Crippen molar-refractivity contribution < 1.29 is 4.79 Å². The third-order valence-corrected chi connectivity index (χ3v) is 9.55. The summed E-state index contributed by atoms with van der Waals surface area (Å²) >= 11 is 0. The third kappa shape index (κ3) is 6.28. The summed E-state index contributed by atoms with van der Waals surface area (Å²) < 4.78 is 4.41. The number of nitrogens with zero attached hydrogens (tertiary/aromatic N) is 3. The molecule has 2 aromatic heterocycles. The van der Waals surface area contributed by atoms with Crippen molar-refractivity contribution in [1.82, 2.24) is 19.7 Å². The highest BCUT2D eigenvalue weighted by molar-refractivity contribution is 5.90. The van der Waals surface area contributed by atoms with Crippen molar-refractivity contribution in [2.75, 3.05) is 0 Å². The second kappa shape index (κ2) is 12.2. The zero-order chi connectivity index (χ0) is 28.3. The van der Waals surface area contributed by atoms with E-state index in [-0.39, 0.29) is 23.9 Å². The first-order valence-electron chi connectivity index (χ1n) is 15.7. The van der Waals surface area contributed by atoms with E-state index in [0.29, 0.717) is 12.3 Å². The molecule has 216 valence electrons. The normalized spacial score (nSPS) is 20.8. The summed E-state index contributed by atoms with van der Waals surface area (Å²) in [4.78, 5) is 13.6. The van der Waals surface area contributed by atoms with Gasteiger partial charge in [-0.2, -0.15) is 5.10 Å². The average molecular weight is 552 g/mol. The first kappa shape index (κ1) is 27.8. The minimum Gasteiger partial charge on any atom is -0.353 e. The number of carbonyl (C=O) groups excluding carboxylic acids is 1. The first-order chi connectivity index (χ1) is 19.9. The Morgan fingerprint density at radius 1 is 1.02 bits per heavy atom. The third-order valence-electron chi connectivity index (χ3n) is 9.55. The predicted molar refractivity (Wildman–Crippen MR) is 167 cm³/mol. The quantitative estimate of drug-likeness (QED) is 0.252. The van der Waals surface area contributed by atoms with Crippen molar-refractivity contribution in [3.05, 3.63) is 77.6 Å². The predicted octanol–water partition coefficient (Wildman–Crippen LogP) is 6.84. The molecule has 0 bridgehead atoms. The fourth-order valence-corrected chi connectivity index (χ4v) is 7.25. The number of amides is 1. The molecule has 2 aromatic carbocycles. The van der Waals surface area contributed by atoms with E-state index in [2.05, 4.69) is 76.6 Å². The summed E-state index contributed by atoms with van der Waals surface area (Å²) in [5.41, 5.74) is 13.3. The maximum absolute atomic E-state index is 13.6. The maximum Gasteiger partial charge on any atom is 0.221 e. The number of hydrogen-bond donors (Lipinski definition) is 2. The topological polar surface area (TPSA) is 77.9 Å². The molecule has 2 aliphatic rings. The minimum absolute atomic E-state index is 0.0300. The molecule has 6 rings (SSSR count). The molecule has 4 aromatic rings. The summed E-state index contributed by atoms with van der Waals surface area (Å²) in [5.74, 6) is 0.813. The number of aryl methyl sites for hydroxylation is 2. The van der Waals surface area contributed by atoms with E-state index >= 15 is 0 Å². The van der Waals surface area contributed by atoms with Gasteiger partial charge in [0.25, 0.3) is 0 Å². The van der Waals surface area contributed by atoms with Gasteiger partial charge in [0.1, 0.15) is 0 Å². The van der Waals surface area contributed by atoms with Crippen LogP contribution in [0.15, 0.2) is 60.9 Å². The van der Waals surface area contributed by atoms with Crippen molar-refractivity contribution in [3.8, 4) is 11.3 Å². The highest BCUT2D eigenvalue weighted by Gasteiger charge is 2.27. The van der Waals surface area contributed by atoms with Crippen LogP contribution < -0.4 is 11.1 Å². The van der Waals surface area contributed by atoms with Crippen LogP contribution in [0.4, 0.5) is 0 Å². The van der Waals surface area contributed by atoms with E-state index in [1.807, 2.05) is 17.9 Å². The molecule has 6 heteroatoms. The Bertz CT molecular complexity index is 1490. The smallest absolute Gasteiger partial charge is 0.221 e. The molecule has 0 spiro atoms. The standard InChI is InChI=1S/C35H45N5O/c1-24-7-6-10-26(19-24)30(21-35(41)38-29-14-12-28(36)13-15-29)32-23-40(22-25-8-4-3-5-9-25)34-16-11-27(20-31(32)34)33-17-18-37-39(33)2/h6-7,10-11,16-20,23,25,28-30H,3-5,8-9,12-15,21-22,36H2,1-2H3,(H,38,41). The molecule has 1 unspecified atom stereocenters. The van der Waals surface area contributed by atoms with Crippen LogP contribution in [0.1, 0.15) is 86.8 Å². The van der Waals surface area contributed by atoms with Gasteiger partial charge in [0.15, 0.2) is 0 Å². The minimum atomic E-state index is -0.0300. The van der Waals surface area contributed by atoms with Crippen LogP contribution in [0.25, 0.3) is 22.2 Å². The number of benzene rings is 2. The number of hydrogen-bond acceptors (Lipinski definition) is 3. The van der Waals surface area contributed by atoms with Crippen LogP contribution in [0.2, 0.25) is 0 Å². The monoisotopic (exact) mass is 551 g/mol. The Morgan fingerprint density at radius 3 is 2.56 bits per heavy atom. The summed E-state index contributed by atoms with van der Waals surface area (Å²) in [7, 11) is 1.99. The number of nitrogens with two attached hydrogens (primary N) is 1. The van der Waals surface area contributed by atoms with Gasteiger partial charge in [-0.3, -0.25) is 9.48 Å². The van der Waals surface area contributed by atoms with Gasteiger partial charge in [-0.15, -0.1) is 0 Å². The van der Waals surface area contributed by atoms with Gasteiger partial charge < -0.3 is 15.6 Å². The zero-order valence-corrected chi connectivity index (χ0v) is 24.7. The molecule has 0 saturated heterocycles. The fourth-order valence-electron chi connectivity index (χ4n) is 7.25. The van der Waals surface area contributed by atoms with Gasteiger partial charge in [-0.1, -0.05) is 55.2 Å². The second-order valence-electron chi connectivity index (χ2n) is 12.7. The molecule has 0 radical (unpaired) electrons. The van der Waals surface area contributed by atoms with Crippen LogP contribution in [0.3, 0.4) is 0 Å². The van der Waals surface area contributed by atoms with E-state index in [4.69, 9.17) is 5.73 Å². The number of fused-ring (bicyclic) bond motifs is 1. The molecule has 6 nitrogen and oxygen atoms in total. The van der Waals surface area contributed by atoms with E-state index in [9.17, 15) is 4.79 Å². The Balaban J connectivity index is 1.40. The van der Waals surface area contributed by atoms with E-state index in [0.717, 1.165) is 43.5 Å². The molecular formula is C35H45N5O. The van der Waals surface area contributed by atoms with Crippen LogP contribution >= 0.6 is 0 Å². The van der Waals surface area contributed by atoms with Crippen molar-refractivity contribution in [1.29, 1.82) is 0 Å². The SMILES string of the molecule is Cc1cccc(C(CC(=O)NC2CCC(N)CC2)c2cn(CC3CCCCC3)c3ccc(-c4ccnn4C)cc23)c1. The van der Waals surface area contributed by atoms with Gasteiger partial charge in [0.05, 0.1) is 5.69 Å². The molecule has 1 atom stereocenters. The van der Waals surface area contributed by atoms with Gasteiger partial charge in [0.2, 0.25) is 5.91 Å². The largest absolute Gasteiger partial charge is 0.353 e. The zero-order valence-electron chi connectivity index (χ0n) is 24.7. The van der Waals surface area contributed by atoms with E-state index in [1.165, 1.54) is 59.7 Å². The fraction of sp³-hybridized carbons (Fsp3) is 0.486. The number of nitrogens with one attached hydrogen (secondary N) is 1. The Morgan fingerprint density at radius 2 is 1.83 bits per heavy atom. The van der Waals surface area contributed by atoms with Gasteiger partial charge in [-0.05, 0) is 80.7 Å². The van der Waals surface area contributed by atoms with Gasteiger partial charge in [-0.25, -0.2) is 0 Å². The molecule has 0 aliphatic heterocycles. The highest BCUT2D eigenvalue weighted by atomic mass is 16.1. The lowest BCUT2D eigenvalue weighted by molar-refractivity contribution is -0.122. The summed E-state index contributed by atoms with van der Waals surface area (Å²) in [6.45, 7) is 3.18. The van der Waals surface area contributed by atoms with Crippen molar-refractivity contribution >= 4 is 16.8 Å². The second-order valence-corrected chi connectivity index (χ2v) is 12.7. The lowest BCUT2D eigenvalue weighted by Crippen LogP contribution is -2.40. The van der Waals surface area contributed by atoms with Crippen molar-refractivity contribution in [2.45, 2.75) is 95.7 Å². The van der Waals surface area contributed by atoms with Crippen LogP contribution in [-0.4, -0.2) is 32.3 Å². The first-order valence-corrected chi connectivity index (χ1v) is 15.7. The highest BCUT2D eigenvalue weighted by Crippen LogP contribution is 2.38. The molecule has 2 heterocycles. The van der Waals surface area contributed by atoms with Gasteiger partial charge >= 0.3 is 0 Å². The number of rotatable bonds is 8. The molecule has 2 fully saturated rings. The molecule has 1 amide bonds. The van der Waals surface area contributed by atoms with Crippen LogP contribution in [0, 0.1) is 12.8 Å². The molecule has 2 saturated carbocycles. The maximum atomic E-state index is 13.6. The Kier molecular flexibility index (Phi) is 8.29. The number of carbonyl (C=O) groups is 1. The lowest BCUT2D eigenvalue weighted by Gasteiger charge is -2.27. The summed E-state index contributed by atoms with van der Waals surface area (Å²) in [6, 6.07) is 18.1. The molecule has 3 N–H and O–H groups in total. The molecular weight excluding hydrogens is 506 g/mol. The van der Waals surface area contributed by atoms with Crippen LogP contribution in [-0.2, 0) is 18.4 Å². The van der Waals surface area contributed by atoms with E-state index in [1.54, 1.807) is 0 Å². The Labute approximate surface area is 244 Å². The summed E-state index contributed by atoms with van der Waals surface area (Å²) in [5, 5.41) is 9.03. The molecule has 41 heavy (non-hydrogen) atoms. The van der Waals surface area contributed by atoms with E-state index < -0.39 is 0 Å². The van der Waals surface area contributed by atoms with Crippen molar-refractivity contribution in [3.63, 3.8) is 0 Å². The van der Waals surface area contributed by atoms with Gasteiger partial charge in [0, 0.05) is 66.9 Å². The Hall–Kier alpha value is -3.38. The van der Waals surface area contributed by atoms with Crippen LogP contribution in [0.5, 0.6) is 0 Å². The van der Waals surface area contributed by atoms with Crippen molar-refractivity contribution in [2.24, 2.45) is 18.7 Å². The lowest BCUT2D eigenvalue weighted by atomic mass is 9.86. The number of aromatic nitrogens is 3.